The van der Waals surface area contributed by atoms with Gasteiger partial charge < -0.3 is 10.2 Å². The van der Waals surface area contributed by atoms with Gasteiger partial charge in [-0.05, 0) is 36.6 Å². The second-order valence-electron chi connectivity index (χ2n) is 5.81. The Morgan fingerprint density at radius 3 is 2.38 bits per heavy atom. The minimum Gasteiger partial charge on any atom is -0.324 e. The molecule has 0 aliphatic carbocycles. The highest BCUT2D eigenvalue weighted by Crippen LogP contribution is 2.25. The molecule has 0 aliphatic heterocycles. The third-order valence-corrected chi connectivity index (χ3v) is 3.99. The van der Waals surface area contributed by atoms with Crippen molar-refractivity contribution in [3.05, 3.63) is 58.9 Å². The number of rotatable bonds is 5. The maximum atomic E-state index is 14.0. The largest absolute Gasteiger partial charge is 0.324 e. The number of benzene rings is 2. The quantitative estimate of drug-likeness (QED) is 0.817. The second-order valence-corrected chi connectivity index (χ2v) is 5.81. The topological polar surface area (TPSA) is 49.4 Å². The molecule has 0 atom stereocenters. The maximum Gasteiger partial charge on any atom is 0.244 e. The van der Waals surface area contributed by atoms with E-state index in [0.717, 1.165) is 29.0 Å². The van der Waals surface area contributed by atoms with E-state index in [1.165, 1.54) is 0 Å². The highest BCUT2D eigenvalue weighted by atomic mass is 19.2. The van der Waals surface area contributed by atoms with E-state index in [1.807, 2.05) is 32.0 Å². The van der Waals surface area contributed by atoms with E-state index in [4.69, 9.17) is 0 Å². The van der Waals surface area contributed by atoms with Gasteiger partial charge in [-0.1, -0.05) is 25.1 Å². The van der Waals surface area contributed by atoms with Gasteiger partial charge in [0.25, 0.3) is 0 Å². The van der Waals surface area contributed by atoms with E-state index >= 15 is 0 Å². The summed E-state index contributed by atoms with van der Waals surface area (Å²) in [7, 11) is 0. The summed E-state index contributed by atoms with van der Waals surface area (Å²) in [4.78, 5) is 25.0. The number of hydrogen-bond donors (Lipinski definition) is 1. The highest BCUT2D eigenvalue weighted by molar-refractivity contribution is 6.02. The Hall–Kier alpha value is -2.83. The van der Waals surface area contributed by atoms with E-state index in [0.29, 0.717) is 18.2 Å². The van der Waals surface area contributed by atoms with Crippen LogP contribution in [-0.2, 0) is 16.0 Å². The Morgan fingerprint density at radius 2 is 1.77 bits per heavy atom. The third-order valence-electron chi connectivity index (χ3n) is 3.99. The van der Waals surface area contributed by atoms with Gasteiger partial charge in [-0.3, -0.25) is 9.59 Å². The van der Waals surface area contributed by atoms with E-state index in [1.54, 1.807) is 0 Å². The van der Waals surface area contributed by atoms with Crippen LogP contribution in [0, 0.1) is 24.4 Å². The fourth-order valence-corrected chi connectivity index (χ4v) is 2.61. The number of nitrogens with zero attached hydrogens (tertiary/aromatic N) is 1. The van der Waals surface area contributed by atoms with Gasteiger partial charge in [0.2, 0.25) is 11.8 Å². The lowest BCUT2D eigenvalue weighted by atomic mass is 10.1. The van der Waals surface area contributed by atoms with Gasteiger partial charge in [0.05, 0.1) is 5.69 Å². The Balaban J connectivity index is 2.28. The average molecular weight is 364 g/mol. The number of halogens is 3. The molecule has 0 saturated carbocycles. The number of carbonyl (C=O) groups excluding carboxylic acids is 2. The van der Waals surface area contributed by atoms with Crippen molar-refractivity contribution in [3.8, 4) is 0 Å². The van der Waals surface area contributed by atoms with Crippen LogP contribution >= 0.6 is 0 Å². The first-order valence-electron chi connectivity index (χ1n) is 8.06. The van der Waals surface area contributed by atoms with Gasteiger partial charge in [-0.2, -0.15) is 0 Å². The van der Waals surface area contributed by atoms with Crippen molar-refractivity contribution >= 4 is 23.2 Å². The lowest BCUT2D eigenvalue weighted by Crippen LogP contribution is -2.37. The summed E-state index contributed by atoms with van der Waals surface area (Å²) in [5, 5.41) is 2.71. The van der Waals surface area contributed by atoms with Crippen LogP contribution in [0.4, 0.5) is 24.5 Å². The van der Waals surface area contributed by atoms with E-state index < -0.39 is 41.5 Å². The minimum atomic E-state index is -1.69. The molecule has 0 radical (unpaired) electrons. The molecule has 26 heavy (non-hydrogen) atoms. The summed E-state index contributed by atoms with van der Waals surface area (Å²) in [5.41, 5.74) is 1.87. The van der Waals surface area contributed by atoms with Crippen LogP contribution < -0.4 is 10.2 Å². The number of carbonyl (C=O) groups is 2. The predicted molar refractivity (Wildman–Crippen MR) is 93.5 cm³/mol. The molecule has 2 aromatic carbocycles. The van der Waals surface area contributed by atoms with Crippen LogP contribution in [0.25, 0.3) is 0 Å². The SMILES string of the molecule is CCc1cccc(C)c1NC(=O)CN(C(C)=O)c1ccc(F)c(F)c1F. The van der Waals surface area contributed by atoms with Gasteiger partial charge in [0.1, 0.15) is 6.54 Å². The number of aryl methyl sites for hydroxylation is 2. The van der Waals surface area contributed by atoms with Gasteiger partial charge in [0, 0.05) is 12.6 Å². The lowest BCUT2D eigenvalue weighted by molar-refractivity contribution is -0.120. The molecule has 0 bridgehead atoms. The molecule has 0 aliphatic rings. The van der Waals surface area contributed by atoms with Crippen molar-refractivity contribution in [1.82, 2.24) is 0 Å². The lowest BCUT2D eigenvalue weighted by Gasteiger charge is -2.22. The van der Waals surface area contributed by atoms with Crippen molar-refractivity contribution in [3.63, 3.8) is 0 Å². The van der Waals surface area contributed by atoms with Crippen molar-refractivity contribution in [2.75, 3.05) is 16.8 Å². The normalized spacial score (nSPS) is 10.5. The monoisotopic (exact) mass is 364 g/mol. The molecule has 2 rings (SSSR count). The van der Waals surface area contributed by atoms with Crippen LogP contribution in [0.3, 0.4) is 0 Å². The Kier molecular flexibility index (Phi) is 6.02. The molecule has 1 N–H and O–H groups in total. The molecular weight excluding hydrogens is 345 g/mol. The highest BCUT2D eigenvalue weighted by Gasteiger charge is 2.23. The van der Waals surface area contributed by atoms with Crippen LogP contribution in [0.2, 0.25) is 0 Å². The number of amides is 2. The number of hydrogen-bond acceptors (Lipinski definition) is 2. The molecule has 138 valence electrons. The van der Waals surface area contributed by atoms with E-state index in [2.05, 4.69) is 5.32 Å². The molecular formula is C19H19F3N2O2. The van der Waals surface area contributed by atoms with Crippen LogP contribution in [0.15, 0.2) is 30.3 Å². The summed E-state index contributed by atoms with van der Waals surface area (Å²) in [6.45, 7) is 4.34. The summed E-state index contributed by atoms with van der Waals surface area (Å²) < 4.78 is 40.6. The van der Waals surface area contributed by atoms with Crippen molar-refractivity contribution in [2.45, 2.75) is 27.2 Å². The van der Waals surface area contributed by atoms with Gasteiger partial charge in [0.15, 0.2) is 17.5 Å². The van der Waals surface area contributed by atoms with Crippen molar-refractivity contribution in [1.29, 1.82) is 0 Å². The minimum absolute atomic E-state index is 0.493. The number of nitrogens with one attached hydrogen (secondary N) is 1. The summed E-state index contributed by atoms with van der Waals surface area (Å²) in [5.74, 6) is -5.83. The molecule has 0 spiro atoms. The Labute approximate surface area is 149 Å². The average Bonchev–Trinajstić information content (AvgIpc) is 2.60. The molecule has 0 fully saturated rings. The molecule has 0 unspecified atom stereocenters. The zero-order valence-electron chi connectivity index (χ0n) is 14.7. The zero-order valence-corrected chi connectivity index (χ0v) is 14.7. The maximum absolute atomic E-state index is 14.0. The molecule has 0 saturated heterocycles. The zero-order chi connectivity index (χ0) is 19.4. The number of anilines is 2. The first-order valence-corrected chi connectivity index (χ1v) is 8.06. The molecule has 2 amide bonds. The standard InChI is InChI=1S/C19H19F3N2O2/c1-4-13-7-5-6-11(2)19(13)23-16(26)10-24(12(3)25)15-9-8-14(20)17(21)18(15)22/h5-9H,4,10H2,1-3H3,(H,23,26). The first kappa shape index (κ1) is 19.5. The molecule has 7 heteroatoms. The van der Waals surface area contributed by atoms with Gasteiger partial charge in [-0.15, -0.1) is 0 Å². The molecule has 0 aromatic heterocycles. The smallest absolute Gasteiger partial charge is 0.244 e. The Bertz CT molecular complexity index is 853. The third kappa shape index (κ3) is 4.04. The summed E-state index contributed by atoms with van der Waals surface area (Å²) >= 11 is 0. The van der Waals surface area contributed by atoms with Gasteiger partial charge in [-0.25, -0.2) is 13.2 Å². The van der Waals surface area contributed by atoms with Crippen molar-refractivity contribution in [2.24, 2.45) is 0 Å². The van der Waals surface area contributed by atoms with Crippen molar-refractivity contribution < 1.29 is 22.8 Å². The van der Waals surface area contributed by atoms with Gasteiger partial charge >= 0.3 is 0 Å². The van der Waals surface area contributed by atoms with Crippen LogP contribution in [0.5, 0.6) is 0 Å². The Morgan fingerprint density at radius 1 is 1.08 bits per heavy atom. The summed E-state index contributed by atoms with van der Waals surface area (Å²) in [6, 6.07) is 7.18. The fraction of sp³-hybridized carbons (Fsp3) is 0.263. The van der Waals surface area contributed by atoms with E-state index in [-0.39, 0.29) is 0 Å². The summed E-state index contributed by atoms with van der Waals surface area (Å²) in [6.07, 6.45) is 0.686. The molecule has 2 aromatic rings. The predicted octanol–water partition coefficient (Wildman–Crippen LogP) is 3.97. The van der Waals surface area contributed by atoms with Crippen LogP contribution in [-0.4, -0.2) is 18.4 Å². The first-order chi connectivity index (χ1) is 12.3. The number of para-hydroxylation sites is 1. The molecule has 4 nitrogen and oxygen atoms in total. The fourth-order valence-electron chi connectivity index (χ4n) is 2.61. The van der Waals surface area contributed by atoms with E-state index in [9.17, 15) is 22.8 Å². The molecule has 0 heterocycles. The second kappa shape index (κ2) is 8.03. The van der Waals surface area contributed by atoms with Crippen LogP contribution in [0.1, 0.15) is 25.0 Å².